The number of thioether (sulfide) groups is 1. The fraction of sp³-hybridized carbons (Fsp3) is 0.150. The number of ether oxygens (including phenoxy) is 1. The summed E-state index contributed by atoms with van der Waals surface area (Å²) in [6, 6.07) is 19.3. The van der Waals surface area contributed by atoms with Crippen molar-refractivity contribution in [2.75, 3.05) is 12.9 Å². The fourth-order valence-electron chi connectivity index (χ4n) is 2.40. The summed E-state index contributed by atoms with van der Waals surface area (Å²) in [5.74, 6) is -0.0878. The molecule has 1 heterocycles. The first-order chi connectivity index (χ1) is 12.7. The van der Waals surface area contributed by atoms with Crippen LogP contribution in [0.25, 0.3) is 11.3 Å². The average Bonchev–Trinajstić information content (AvgIpc) is 3.17. The highest BCUT2D eigenvalue weighted by molar-refractivity contribution is 8.00. The van der Waals surface area contributed by atoms with Gasteiger partial charge in [-0.2, -0.15) is 5.26 Å². The molecule has 1 aromatic heterocycles. The largest absolute Gasteiger partial charge is 0.496 e. The summed E-state index contributed by atoms with van der Waals surface area (Å²) in [4.78, 5) is 18.0. The quantitative estimate of drug-likeness (QED) is 0.552. The Morgan fingerprint density at radius 1 is 1.23 bits per heavy atom. The van der Waals surface area contributed by atoms with E-state index >= 15 is 0 Å². The van der Waals surface area contributed by atoms with Gasteiger partial charge in [-0.15, -0.1) is 23.1 Å². The Labute approximate surface area is 160 Å². The molecule has 0 spiro atoms. The summed E-state index contributed by atoms with van der Waals surface area (Å²) in [5.41, 5.74) is 1.76. The van der Waals surface area contributed by atoms with Crippen molar-refractivity contribution in [3.63, 3.8) is 0 Å². The smallest absolute Gasteiger partial charge is 0.167 e. The zero-order chi connectivity index (χ0) is 18.4. The number of hydrogen-bond acceptors (Lipinski definition) is 6. The Morgan fingerprint density at radius 3 is 2.69 bits per heavy atom. The number of benzene rings is 2. The summed E-state index contributed by atoms with van der Waals surface area (Å²) in [6.07, 6.45) is 0. The van der Waals surface area contributed by atoms with E-state index < -0.39 is 5.92 Å². The number of carbonyl (C=O) groups is 1. The minimum Gasteiger partial charge on any atom is -0.496 e. The van der Waals surface area contributed by atoms with Crippen molar-refractivity contribution in [2.45, 2.75) is 10.8 Å². The highest BCUT2D eigenvalue weighted by atomic mass is 32.2. The van der Waals surface area contributed by atoms with E-state index in [9.17, 15) is 10.1 Å². The van der Waals surface area contributed by atoms with Crippen LogP contribution in [0.4, 0.5) is 0 Å². The molecule has 26 heavy (non-hydrogen) atoms. The Balaban J connectivity index is 1.72. The molecule has 0 aliphatic carbocycles. The lowest BCUT2D eigenvalue weighted by Crippen LogP contribution is -2.13. The first-order valence-corrected chi connectivity index (χ1v) is 9.78. The first-order valence-electron chi connectivity index (χ1n) is 7.92. The summed E-state index contributed by atoms with van der Waals surface area (Å²) in [5, 5.41) is 11.9. The number of para-hydroxylation sites is 1. The Kier molecular flexibility index (Phi) is 6.05. The van der Waals surface area contributed by atoms with E-state index in [0.29, 0.717) is 5.01 Å². The molecule has 0 aliphatic heterocycles. The third kappa shape index (κ3) is 4.13. The summed E-state index contributed by atoms with van der Waals surface area (Å²) >= 11 is 2.72. The van der Waals surface area contributed by atoms with Gasteiger partial charge in [0.2, 0.25) is 0 Å². The molecule has 3 rings (SSSR count). The maximum absolute atomic E-state index is 12.6. The van der Waals surface area contributed by atoms with Gasteiger partial charge in [-0.25, -0.2) is 4.98 Å². The van der Waals surface area contributed by atoms with Gasteiger partial charge in [0.1, 0.15) is 10.8 Å². The van der Waals surface area contributed by atoms with Gasteiger partial charge < -0.3 is 4.74 Å². The number of carbonyl (C=O) groups excluding carboxylic acids is 1. The van der Waals surface area contributed by atoms with Gasteiger partial charge in [-0.05, 0) is 12.1 Å². The molecule has 0 radical (unpaired) electrons. The number of Topliss-reactive ketones (excluding diaryl/α,β-unsaturated/α-hetero) is 1. The molecule has 130 valence electrons. The molecule has 0 aliphatic rings. The predicted molar refractivity (Wildman–Crippen MR) is 105 cm³/mol. The molecule has 1 unspecified atom stereocenters. The summed E-state index contributed by atoms with van der Waals surface area (Å²) < 4.78 is 5.29. The molecule has 0 bridgehead atoms. The minimum atomic E-state index is -0.848. The number of hydrogen-bond donors (Lipinski definition) is 0. The number of nitrogens with zero attached hydrogens (tertiary/aromatic N) is 2. The van der Waals surface area contributed by atoms with Gasteiger partial charge >= 0.3 is 0 Å². The summed E-state index contributed by atoms with van der Waals surface area (Å²) in [7, 11) is 1.60. The second kappa shape index (κ2) is 8.65. The number of ketones is 1. The van der Waals surface area contributed by atoms with Crippen LogP contribution in [0, 0.1) is 11.3 Å². The molecule has 2 aromatic carbocycles. The number of rotatable bonds is 7. The zero-order valence-electron chi connectivity index (χ0n) is 14.1. The number of methoxy groups -OCH3 is 1. The molecular weight excluding hydrogens is 364 g/mol. The van der Waals surface area contributed by atoms with Crippen LogP contribution in [0.2, 0.25) is 0 Å². The van der Waals surface area contributed by atoms with Crippen molar-refractivity contribution in [2.24, 2.45) is 0 Å². The van der Waals surface area contributed by atoms with Crippen LogP contribution in [-0.2, 0) is 4.79 Å². The maximum Gasteiger partial charge on any atom is 0.167 e. The topological polar surface area (TPSA) is 63.0 Å². The molecule has 3 aromatic rings. The van der Waals surface area contributed by atoms with Crippen LogP contribution >= 0.6 is 23.1 Å². The third-order valence-electron chi connectivity index (χ3n) is 3.73. The van der Waals surface area contributed by atoms with Crippen molar-refractivity contribution < 1.29 is 9.53 Å². The fourth-order valence-corrected chi connectivity index (χ4v) is 4.22. The van der Waals surface area contributed by atoms with E-state index in [2.05, 4.69) is 11.1 Å². The van der Waals surface area contributed by atoms with Crippen molar-refractivity contribution in [1.82, 2.24) is 4.98 Å². The lowest BCUT2D eigenvalue weighted by molar-refractivity contribution is -0.116. The predicted octanol–water partition coefficient (Wildman–Crippen LogP) is 4.79. The average molecular weight is 380 g/mol. The van der Waals surface area contributed by atoms with Gasteiger partial charge in [0.15, 0.2) is 11.7 Å². The number of thiazole rings is 1. The minimum absolute atomic E-state index is 0.155. The second-order valence-electron chi connectivity index (χ2n) is 5.40. The van der Waals surface area contributed by atoms with Crippen LogP contribution in [0.15, 0.2) is 64.9 Å². The van der Waals surface area contributed by atoms with Gasteiger partial charge in [-0.1, -0.05) is 42.5 Å². The Hall–Kier alpha value is -2.62. The lowest BCUT2D eigenvalue weighted by atomic mass is 10.1. The SMILES string of the molecule is COc1ccccc1SCC(=O)C(C#N)c1nc(-c2ccccc2)cs1. The zero-order valence-corrected chi connectivity index (χ0v) is 15.7. The van der Waals surface area contributed by atoms with Crippen molar-refractivity contribution in [3.8, 4) is 23.1 Å². The molecule has 0 saturated heterocycles. The van der Waals surface area contributed by atoms with Crippen LogP contribution in [-0.4, -0.2) is 23.6 Å². The first kappa shape index (κ1) is 18.2. The third-order valence-corrected chi connectivity index (χ3v) is 5.72. The number of aromatic nitrogens is 1. The molecule has 6 heteroatoms. The molecule has 1 atom stereocenters. The number of nitriles is 1. The molecule has 0 amide bonds. The van der Waals surface area contributed by atoms with E-state index in [0.717, 1.165) is 21.9 Å². The van der Waals surface area contributed by atoms with E-state index in [1.807, 2.05) is 60.0 Å². The van der Waals surface area contributed by atoms with Crippen LogP contribution in [0.1, 0.15) is 10.9 Å². The standard InChI is InChI=1S/C20H16N2O2S2/c1-24-18-9-5-6-10-19(18)25-13-17(23)15(11-21)20-22-16(12-26-20)14-7-3-2-4-8-14/h2-10,12,15H,13H2,1H3. The normalized spacial score (nSPS) is 11.5. The van der Waals surface area contributed by atoms with Crippen LogP contribution in [0.5, 0.6) is 5.75 Å². The van der Waals surface area contributed by atoms with E-state index in [-0.39, 0.29) is 11.5 Å². The van der Waals surface area contributed by atoms with E-state index in [1.54, 1.807) is 7.11 Å². The highest BCUT2D eigenvalue weighted by Crippen LogP contribution is 2.31. The molecular formula is C20H16N2O2S2. The van der Waals surface area contributed by atoms with Gasteiger partial charge in [0.05, 0.1) is 24.6 Å². The van der Waals surface area contributed by atoms with Crippen molar-refractivity contribution in [1.29, 1.82) is 5.26 Å². The monoisotopic (exact) mass is 380 g/mol. The Morgan fingerprint density at radius 2 is 1.96 bits per heavy atom. The van der Waals surface area contributed by atoms with E-state index in [4.69, 9.17) is 4.74 Å². The molecule has 0 fully saturated rings. The van der Waals surface area contributed by atoms with Gasteiger partial charge in [0.25, 0.3) is 0 Å². The highest BCUT2D eigenvalue weighted by Gasteiger charge is 2.24. The molecule has 4 nitrogen and oxygen atoms in total. The van der Waals surface area contributed by atoms with Gasteiger partial charge in [0, 0.05) is 15.8 Å². The summed E-state index contributed by atoms with van der Waals surface area (Å²) in [6.45, 7) is 0. The van der Waals surface area contributed by atoms with Gasteiger partial charge in [-0.3, -0.25) is 4.79 Å². The second-order valence-corrected chi connectivity index (χ2v) is 7.31. The molecule has 0 saturated carbocycles. The maximum atomic E-state index is 12.6. The Bertz CT molecular complexity index is 932. The lowest BCUT2D eigenvalue weighted by Gasteiger charge is -2.08. The van der Waals surface area contributed by atoms with Crippen molar-refractivity contribution >= 4 is 28.9 Å². The van der Waals surface area contributed by atoms with Crippen molar-refractivity contribution in [3.05, 3.63) is 65.0 Å². The molecule has 0 N–H and O–H groups in total. The van der Waals surface area contributed by atoms with Crippen LogP contribution in [0.3, 0.4) is 0 Å². The van der Waals surface area contributed by atoms with E-state index in [1.165, 1.54) is 23.1 Å². The van der Waals surface area contributed by atoms with Crippen LogP contribution < -0.4 is 4.74 Å².